The molecule has 0 unspecified atom stereocenters. The minimum atomic E-state index is -0.456. The van der Waals surface area contributed by atoms with Crippen LogP contribution in [-0.2, 0) is 6.61 Å². The van der Waals surface area contributed by atoms with Gasteiger partial charge >= 0.3 is 0 Å². The molecule has 2 aromatic rings. The highest BCUT2D eigenvalue weighted by atomic mass is 35.5. The molecular weight excluding hydrogens is 249 g/mol. The average Bonchev–Trinajstić information content (AvgIpc) is 2.63. The number of halogens is 2. The van der Waals surface area contributed by atoms with E-state index in [4.69, 9.17) is 22.1 Å². The van der Waals surface area contributed by atoms with Gasteiger partial charge in [-0.2, -0.15) is 0 Å². The molecule has 1 aromatic heterocycles. The number of nitrogen functional groups attached to an aromatic ring is 1. The first-order valence-corrected chi connectivity index (χ1v) is 5.76. The number of nitrogens with two attached hydrogens (primary N) is 1. The normalized spacial score (nSPS) is 10.4. The molecule has 16 heavy (non-hydrogen) atoms. The maximum atomic E-state index is 13.3. The van der Waals surface area contributed by atoms with E-state index in [1.165, 1.54) is 23.5 Å². The second kappa shape index (κ2) is 4.72. The van der Waals surface area contributed by atoms with Crippen LogP contribution < -0.4 is 10.5 Å². The predicted octanol–water partition coefficient (Wildman–Crippen LogP) is 3.70. The van der Waals surface area contributed by atoms with Gasteiger partial charge in [0.05, 0.1) is 4.34 Å². The molecule has 0 bridgehead atoms. The van der Waals surface area contributed by atoms with Crippen molar-refractivity contribution >= 4 is 28.6 Å². The van der Waals surface area contributed by atoms with Crippen LogP contribution in [0.1, 0.15) is 4.88 Å². The number of hydrogen-bond acceptors (Lipinski definition) is 3. The Morgan fingerprint density at radius 2 is 2.12 bits per heavy atom. The Morgan fingerprint density at radius 3 is 2.75 bits per heavy atom. The van der Waals surface area contributed by atoms with Gasteiger partial charge < -0.3 is 10.5 Å². The summed E-state index contributed by atoms with van der Waals surface area (Å²) in [4.78, 5) is 0.946. The van der Waals surface area contributed by atoms with Gasteiger partial charge in [0, 0.05) is 16.6 Å². The standard InChI is InChI=1S/C11H9ClFNOS/c12-11-4-2-8(16-11)6-15-10-3-1-7(14)5-9(10)13/h1-5H,6,14H2. The van der Waals surface area contributed by atoms with Gasteiger partial charge in [0.1, 0.15) is 6.61 Å². The van der Waals surface area contributed by atoms with Crippen molar-refractivity contribution < 1.29 is 9.13 Å². The van der Waals surface area contributed by atoms with Crippen molar-refractivity contribution in [1.82, 2.24) is 0 Å². The molecule has 2 rings (SSSR count). The Kier molecular flexibility index (Phi) is 3.31. The maximum absolute atomic E-state index is 13.3. The first-order valence-electron chi connectivity index (χ1n) is 4.57. The number of ether oxygens (including phenoxy) is 1. The van der Waals surface area contributed by atoms with Gasteiger partial charge in [-0.05, 0) is 24.3 Å². The van der Waals surface area contributed by atoms with Gasteiger partial charge in [0.25, 0.3) is 0 Å². The molecule has 0 spiro atoms. The minimum absolute atomic E-state index is 0.193. The summed E-state index contributed by atoms with van der Waals surface area (Å²) >= 11 is 7.18. The van der Waals surface area contributed by atoms with E-state index in [1.54, 1.807) is 12.1 Å². The van der Waals surface area contributed by atoms with Crippen molar-refractivity contribution in [1.29, 1.82) is 0 Å². The zero-order valence-electron chi connectivity index (χ0n) is 8.24. The van der Waals surface area contributed by atoms with Crippen molar-refractivity contribution in [3.05, 3.63) is 45.4 Å². The van der Waals surface area contributed by atoms with Crippen LogP contribution >= 0.6 is 22.9 Å². The number of anilines is 1. The molecule has 2 nitrogen and oxygen atoms in total. The lowest BCUT2D eigenvalue weighted by molar-refractivity contribution is 0.293. The van der Waals surface area contributed by atoms with Crippen LogP contribution in [0.2, 0.25) is 4.34 Å². The second-order valence-electron chi connectivity index (χ2n) is 3.18. The van der Waals surface area contributed by atoms with Crippen LogP contribution in [0.15, 0.2) is 30.3 Å². The van der Waals surface area contributed by atoms with Gasteiger partial charge in [-0.1, -0.05) is 11.6 Å². The van der Waals surface area contributed by atoms with Crippen LogP contribution in [-0.4, -0.2) is 0 Å². The van der Waals surface area contributed by atoms with Crippen molar-refractivity contribution in [2.75, 3.05) is 5.73 Å². The molecule has 84 valence electrons. The van der Waals surface area contributed by atoms with Gasteiger partial charge in [-0.3, -0.25) is 0 Å². The average molecular weight is 258 g/mol. The summed E-state index contributed by atoms with van der Waals surface area (Å²) in [5, 5.41) is 0. The van der Waals surface area contributed by atoms with Crippen molar-refractivity contribution in [2.45, 2.75) is 6.61 Å². The van der Waals surface area contributed by atoms with Crippen LogP contribution in [0.4, 0.5) is 10.1 Å². The molecule has 0 aliphatic rings. The Hall–Kier alpha value is -1.26. The second-order valence-corrected chi connectivity index (χ2v) is 4.98. The molecule has 0 fully saturated rings. The van der Waals surface area contributed by atoms with E-state index in [0.29, 0.717) is 16.6 Å². The van der Waals surface area contributed by atoms with Gasteiger partial charge in [-0.25, -0.2) is 4.39 Å². The molecule has 1 aromatic carbocycles. The first kappa shape index (κ1) is 11.2. The molecule has 0 atom stereocenters. The first-order chi connectivity index (χ1) is 7.65. The SMILES string of the molecule is Nc1ccc(OCc2ccc(Cl)s2)c(F)c1. The molecule has 0 saturated heterocycles. The van der Waals surface area contributed by atoms with Crippen molar-refractivity contribution in [2.24, 2.45) is 0 Å². The topological polar surface area (TPSA) is 35.2 Å². The van der Waals surface area contributed by atoms with Crippen LogP contribution in [0.3, 0.4) is 0 Å². The van der Waals surface area contributed by atoms with E-state index in [-0.39, 0.29) is 5.75 Å². The molecule has 0 saturated carbocycles. The zero-order valence-corrected chi connectivity index (χ0v) is 9.82. The lowest BCUT2D eigenvalue weighted by Crippen LogP contribution is -1.96. The van der Waals surface area contributed by atoms with Gasteiger partial charge in [0.15, 0.2) is 11.6 Å². The van der Waals surface area contributed by atoms with Gasteiger partial charge in [-0.15, -0.1) is 11.3 Å². The summed E-state index contributed by atoms with van der Waals surface area (Å²) in [6, 6.07) is 7.98. The fraction of sp³-hybridized carbons (Fsp3) is 0.0909. The summed E-state index contributed by atoms with van der Waals surface area (Å²) in [5.74, 6) is -0.263. The summed E-state index contributed by atoms with van der Waals surface area (Å²) < 4.78 is 19.3. The molecule has 5 heteroatoms. The van der Waals surface area contributed by atoms with E-state index in [9.17, 15) is 4.39 Å². The van der Waals surface area contributed by atoms with Gasteiger partial charge in [0.2, 0.25) is 0 Å². The quantitative estimate of drug-likeness (QED) is 0.851. The highest BCUT2D eigenvalue weighted by molar-refractivity contribution is 7.16. The molecular formula is C11H9ClFNOS. The fourth-order valence-electron chi connectivity index (χ4n) is 1.21. The van der Waals surface area contributed by atoms with E-state index in [0.717, 1.165) is 4.88 Å². The predicted molar refractivity (Wildman–Crippen MR) is 64.5 cm³/mol. The van der Waals surface area contributed by atoms with Crippen molar-refractivity contribution in [3.63, 3.8) is 0 Å². The fourth-order valence-corrected chi connectivity index (χ4v) is 2.21. The third-order valence-corrected chi connectivity index (χ3v) is 3.16. The monoisotopic (exact) mass is 257 g/mol. The molecule has 0 aliphatic carbocycles. The summed E-state index contributed by atoms with van der Waals surface area (Å²) in [5.41, 5.74) is 5.81. The number of benzene rings is 1. The molecule has 2 N–H and O–H groups in total. The summed E-state index contributed by atoms with van der Waals surface area (Å²) in [7, 11) is 0. The molecule has 0 radical (unpaired) electrons. The molecule has 0 amide bonds. The lowest BCUT2D eigenvalue weighted by Gasteiger charge is -2.06. The van der Waals surface area contributed by atoms with E-state index < -0.39 is 5.82 Å². The molecule has 0 aliphatic heterocycles. The summed E-state index contributed by atoms with van der Waals surface area (Å²) in [6.07, 6.45) is 0. The molecule has 1 heterocycles. The largest absolute Gasteiger partial charge is 0.485 e. The maximum Gasteiger partial charge on any atom is 0.167 e. The van der Waals surface area contributed by atoms with E-state index in [2.05, 4.69) is 0 Å². The number of hydrogen-bond donors (Lipinski definition) is 1. The number of rotatable bonds is 3. The van der Waals surface area contributed by atoms with E-state index in [1.807, 2.05) is 6.07 Å². The van der Waals surface area contributed by atoms with Crippen LogP contribution in [0, 0.1) is 5.82 Å². The highest BCUT2D eigenvalue weighted by Gasteiger charge is 2.05. The minimum Gasteiger partial charge on any atom is -0.485 e. The zero-order chi connectivity index (χ0) is 11.5. The Morgan fingerprint density at radius 1 is 1.31 bits per heavy atom. The van der Waals surface area contributed by atoms with Crippen LogP contribution in [0.5, 0.6) is 5.75 Å². The Balaban J connectivity index is 2.04. The Bertz CT molecular complexity index is 500. The third-order valence-electron chi connectivity index (χ3n) is 1.95. The van der Waals surface area contributed by atoms with E-state index >= 15 is 0 Å². The highest BCUT2D eigenvalue weighted by Crippen LogP contribution is 2.24. The number of thiophene rings is 1. The lowest BCUT2D eigenvalue weighted by atomic mass is 10.3. The third kappa shape index (κ3) is 2.65. The smallest absolute Gasteiger partial charge is 0.167 e. The Labute approximate surface area is 101 Å². The van der Waals surface area contributed by atoms with Crippen LogP contribution in [0.25, 0.3) is 0 Å². The summed E-state index contributed by atoms with van der Waals surface area (Å²) in [6.45, 7) is 0.304. The van der Waals surface area contributed by atoms with Crippen molar-refractivity contribution in [3.8, 4) is 5.75 Å².